The summed E-state index contributed by atoms with van der Waals surface area (Å²) in [6.45, 7) is 11.4. The number of ether oxygens (including phenoxy) is 1. The first-order chi connectivity index (χ1) is 12.4. The summed E-state index contributed by atoms with van der Waals surface area (Å²) in [6, 6.07) is 21.7. The van der Waals surface area contributed by atoms with Crippen LogP contribution < -0.4 is 4.74 Å². The van der Waals surface area contributed by atoms with Gasteiger partial charge < -0.3 is 4.74 Å². The van der Waals surface area contributed by atoms with Crippen molar-refractivity contribution in [3.05, 3.63) is 77.4 Å². The molecule has 1 nitrogen and oxygen atoms in total. The van der Waals surface area contributed by atoms with E-state index < -0.39 is 0 Å². The van der Waals surface area contributed by atoms with Crippen LogP contribution in [0.25, 0.3) is 0 Å². The number of hydrogen-bond acceptors (Lipinski definition) is 1. The fraction of sp³-hybridized carbons (Fsp3) is 0.250. The monoisotopic (exact) mass is 361 g/mol. The molecule has 3 aromatic rings. The quantitative estimate of drug-likeness (QED) is 0.339. The number of para-hydroxylation sites is 2. The molecule has 0 fully saturated rings. The molecule has 0 unspecified atom stereocenters. The first-order valence-electron chi connectivity index (χ1n) is 9.08. The third-order valence-corrected chi connectivity index (χ3v) is 7.11. The molecular weight excluding hydrogens is 336 g/mol. The van der Waals surface area contributed by atoms with Crippen molar-refractivity contribution in [3.63, 3.8) is 0 Å². The van der Waals surface area contributed by atoms with Crippen molar-refractivity contribution in [1.82, 2.24) is 0 Å². The van der Waals surface area contributed by atoms with Crippen LogP contribution in [0.2, 0.25) is 0 Å². The molecule has 1 heterocycles. The van der Waals surface area contributed by atoms with Gasteiger partial charge in [-0.2, -0.15) is 0 Å². The summed E-state index contributed by atoms with van der Waals surface area (Å²) < 4.78 is 6.17. The third-order valence-electron chi connectivity index (χ3n) is 4.85. The Hall–Kier alpha value is -2.19. The van der Waals surface area contributed by atoms with Gasteiger partial charge in [0.05, 0.1) is 0 Å². The zero-order valence-corrected chi connectivity index (χ0v) is 16.9. The van der Waals surface area contributed by atoms with Crippen LogP contribution >= 0.6 is 0 Å². The van der Waals surface area contributed by atoms with Crippen molar-refractivity contribution in [3.8, 4) is 11.5 Å². The maximum atomic E-state index is 6.17. The largest absolute Gasteiger partial charge is 0.447 e. The highest BCUT2D eigenvalue weighted by Crippen LogP contribution is 2.47. The fourth-order valence-electron chi connectivity index (χ4n) is 4.12. The Balaban J connectivity index is 1.94. The van der Waals surface area contributed by atoms with E-state index in [2.05, 4.69) is 83.1 Å². The Kier molecular flexibility index (Phi) is 4.11. The summed E-state index contributed by atoms with van der Waals surface area (Å²) >= 11 is 0. The Morgan fingerprint density at radius 2 is 1.19 bits per heavy atom. The van der Waals surface area contributed by atoms with Crippen molar-refractivity contribution in [2.24, 2.45) is 0 Å². The van der Waals surface area contributed by atoms with Crippen LogP contribution in [0.3, 0.4) is 0 Å². The van der Waals surface area contributed by atoms with Gasteiger partial charge in [-0.3, -0.25) is 0 Å². The minimum atomic E-state index is -0.139. The van der Waals surface area contributed by atoms with Crippen LogP contribution in [-0.2, 0) is 16.3 Å². The molecule has 132 valence electrons. The van der Waals surface area contributed by atoms with Gasteiger partial charge in [-0.15, -0.1) is 0 Å². The highest BCUT2D eigenvalue weighted by atomic mass is 32.2. The van der Waals surface area contributed by atoms with Gasteiger partial charge in [0.25, 0.3) is 0 Å². The summed E-state index contributed by atoms with van der Waals surface area (Å²) in [7, 11) is -0.139. The second-order valence-electron chi connectivity index (χ2n) is 7.98. The van der Waals surface area contributed by atoms with E-state index in [1.807, 2.05) is 12.1 Å². The fourth-order valence-corrected chi connectivity index (χ4v) is 6.51. The summed E-state index contributed by atoms with van der Waals surface area (Å²) in [6.07, 6.45) is 0. The Bertz CT molecular complexity index is 913. The van der Waals surface area contributed by atoms with Crippen molar-refractivity contribution >= 4 is 10.9 Å². The molecule has 26 heavy (non-hydrogen) atoms. The molecule has 0 bridgehead atoms. The normalized spacial score (nSPS) is 13.7. The molecule has 2 heteroatoms. The number of hydrogen-bond donors (Lipinski definition) is 0. The minimum absolute atomic E-state index is 0.139. The molecule has 3 aromatic carbocycles. The zero-order valence-electron chi connectivity index (χ0n) is 16.1. The van der Waals surface area contributed by atoms with Gasteiger partial charge in [0.15, 0.2) is 16.4 Å². The molecule has 4 rings (SSSR count). The maximum absolute atomic E-state index is 6.17. The average molecular weight is 362 g/mol. The summed E-state index contributed by atoms with van der Waals surface area (Å²) in [5, 5.41) is 0. The lowest BCUT2D eigenvalue weighted by atomic mass is 9.81. The van der Waals surface area contributed by atoms with Crippen LogP contribution in [-0.4, -0.2) is 0 Å². The molecule has 0 amide bonds. The van der Waals surface area contributed by atoms with Crippen molar-refractivity contribution in [2.45, 2.75) is 54.7 Å². The SMILES string of the molecule is Cc1cc([S+]2c3ccccc3Oc3ccccc32)cc(C)c1C(C)(C)C. The van der Waals surface area contributed by atoms with Crippen molar-refractivity contribution in [2.75, 3.05) is 0 Å². The standard InChI is InChI=1S/C24H25OS/c1-16-14-18(15-17(2)23(16)24(3,4)5)26-21-12-8-6-10-19(21)25-20-11-7-9-13-22(20)26/h6-15H,1-5H3/q+1. The number of aryl methyl sites for hydroxylation is 2. The Morgan fingerprint density at radius 3 is 1.65 bits per heavy atom. The van der Waals surface area contributed by atoms with Crippen molar-refractivity contribution in [1.29, 1.82) is 0 Å². The van der Waals surface area contributed by atoms with Crippen LogP contribution in [0.1, 0.15) is 37.5 Å². The van der Waals surface area contributed by atoms with Gasteiger partial charge in [-0.25, -0.2) is 0 Å². The van der Waals surface area contributed by atoms with E-state index in [9.17, 15) is 0 Å². The second kappa shape index (κ2) is 6.21. The van der Waals surface area contributed by atoms with E-state index in [0.29, 0.717) is 0 Å². The molecule has 1 aliphatic heterocycles. The maximum Gasteiger partial charge on any atom is 0.209 e. The number of fused-ring (bicyclic) bond motifs is 2. The first kappa shape index (κ1) is 17.2. The van der Waals surface area contributed by atoms with Crippen LogP contribution in [0.5, 0.6) is 11.5 Å². The van der Waals surface area contributed by atoms with Gasteiger partial charge in [-0.05, 0) is 72.4 Å². The molecule has 0 aromatic heterocycles. The van der Waals surface area contributed by atoms with Crippen LogP contribution in [0.15, 0.2) is 75.4 Å². The zero-order chi connectivity index (χ0) is 18.5. The van der Waals surface area contributed by atoms with Gasteiger partial charge in [0, 0.05) is 0 Å². The van der Waals surface area contributed by atoms with Crippen LogP contribution in [0.4, 0.5) is 0 Å². The molecule has 0 spiro atoms. The number of rotatable bonds is 1. The van der Waals surface area contributed by atoms with Gasteiger partial charge in [0.2, 0.25) is 9.79 Å². The van der Waals surface area contributed by atoms with Crippen molar-refractivity contribution < 1.29 is 4.74 Å². The summed E-state index contributed by atoms with van der Waals surface area (Å²) in [5.74, 6) is 1.95. The molecule has 0 radical (unpaired) electrons. The second-order valence-corrected chi connectivity index (χ2v) is 9.95. The van der Waals surface area contributed by atoms with E-state index in [0.717, 1.165) is 11.5 Å². The third kappa shape index (κ3) is 2.83. The molecule has 0 saturated heterocycles. The smallest absolute Gasteiger partial charge is 0.209 e. The average Bonchev–Trinajstić information content (AvgIpc) is 2.57. The predicted octanol–water partition coefficient (Wildman–Crippen LogP) is 6.80. The molecular formula is C24H25OS+. The topological polar surface area (TPSA) is 9.23 Å². The molecule has 0 atom stereocenters. The molecule has 1 aliphatic rings. The molecule has 0 N–H and O–H groups in total. The molecule has 0 saturated carbocycles. The minimum Gasteiger partial charge on any atom is -0.447 e. The van der Waals surface area contributed by atoms with E-state index in [-0.39, 0.29) is 16.3 Å². The van der Waals surface area contributed by atoms with E-state index in [1.54, 1.807) is 0 Å². The summed E-state index contributed by atoms with van der Waals surface area (Å²) in [5.41, 5.74) is 4.36. The Labute approximate surface area is 159 Å². The van der Waals surface area contributed by atoms with Crippen LogP contribution in [0, 0.1) is 13.8 Å². The highest BCUT2D eigenvalue weighted by molar-refractivity contribution is 7.97. The lowest BCUT2D eigenvalue weighted by molar-refractivity contribution is 0.453. The van der Waals surface area contributed by atoms with Gasteiger partial charge in [-0.1, -0.05) is 45.0 Å². The van der Waals surface area contributed by atoms with Gasteiger partial charge >= 0.3 is 0 Å². The van der Waals surface area contributed by atoms with E-state index in [4.69, 9.17) is 4.74 Å². The predicted molar refractivity (Wildman–Crippen MR) is 110 cm³/mol. The lowest BCUT2D eigenvalue weighted by Crippen LogP contribution is -2.17. The Morgan fingerprint density at radius 1 is 0.731 bits per heavy atom. The van der Waals surface area contributed by atoms with E-state index in [1.165, 1.54) is 31.4 Å². The summed E-state index contributed by atoms with van der Waals surface area (Å²) in [4.78, 5) is 3.92. The molecule has 0 aliphatic carbocycles. The first-order valence-corrected chi connectivity index (χ1v) is 10.3. The van der Waals surface area contributed by atoms with E-state index >= 15 is 0 Å². The van der Waals surface area contributed by atoms with Gasteiger partial charge in [0.1, 0.15) is 10.9 Å². The highest BCUT2D eigenvalue weighted by Gasteiger charge is 2.39. The lowest BCUT2D eigenvalue weighted by Gasteiger charge is -2.25. The number of benzene rings is 3.